The lowest BCUT2D eigenvalue weighted by Gasteiger charge is -2.36. The SMILES string of the molecule is C=CC1=C(C=C)CN(C(c2ccccc2Br)c2nnnn2C(C)(C)C)CC1. The van der Waals surface area contributed by atoms with Crippen LogP contribution in [0.2, 0.25) is 0 Å². The predicted octanol–water partition coefficient (Wildman–Crippen LogP) is 4.65. The summed E-state index contributed by atoms with van der Waals surface area (Å²) in [6, 6.07) is 8.23. The topological polar surface area (TPSA) is 46.8 Å². The van der Waals surface area contributed by atoms with Gasteiger partial charge in [0.05, 0.1) is 11.6 Å². The van der Waals surface area contributed by atoms with Gasteiger partial charge in [-0.25, -0.2) is 4.68 Å². The Balaban J connectivity index is 2.12. The molecule has 5 nitrogen and oxygen atoms in total. The second kappa shape index (κ2) is 7.90. The van der Waals surface area contributed by atoms with Gasteiger partial charge in [0.2, 0.25) is 0 Å². The number of rotatable bonds is 5. The molecule has 0 saturated heterocycles. The minimum atomic E-state index is -0.211. The Morgan fingerprint density at radius 2 is 1.85 bits per heavy atom. The zero-order valence-corrected chi connectivity index (χ0v) is 17.8. The molecule has 3 rings (SSSR count). The zero-order chi connectivity index (χ0) is 19.6. The lowest BCUT2D eigenvalue weighted by atomic mass is 9.95. The molecule has 0 spiro atoms. The van der Waals surface area contributed by atoms with E-state index in [0.717, 1.165) is 35.4 Å². The van der Waals surface area contributed by atoms with Crippen molar-refractivity contribution in [1.29, 1.82) is 0 Å². The molecule has 2 heterocycles. The van der Waals surface area contributed by atoms with Gasteiger partial charge in [-0.05, 0) is 60.4 Å². The molecule has 0 fully saturated rings. The summed E-state index contributed by atoms with van der Waals surface area (Å²) in [7, 11) is 0. The minimum absolute atomic E-state index is 0.0592. The number of benzene rings is 1. The summed E-state index contributed by atoms with van der Waals surface area (Å²) >= 11 is 3.73. The summed E-state index contributed by atoms with van der Waals surface area (Å²) in [5, 5.41) is 12.7. The molecular formula is C21H26BrN5. The van der Waals surface area contributed by atoms with E-state index in [4.69, 9.17) is 0 Å². The van der Waals surface area contributed by atoms with Gasteiger partial charge in [-0.2, -0.15) is 0 Å². The molecule has 1 aromatic carbocycles. The van der Waals surface area contributed by atoms with Gasteiger partial charge in [-0.15, -0.1) is 5.10 Å². The van der Waals surface area contributed by atoms with E-state index in [1.54, 1.807) is 0 Å². The minimum Gasteiger partial charge on any atom is -0.285 e. The highest BCUT2D eigenvalue weighted by Crippen LogP contribution is 2.36. The summed E-state index contributed by atoms with van der Waals surface area (Å²) in [4.78, 5) is 2.41. The summed E-state index contributed by atoms with van der Waals surface area (Å²) in [5.41, 5.74) is 3.42. The summed E-state index contributed by atoms with van der Waals surface area (Å²) in [6.45, 7) is 16.0. The van der Waals surface area contributed by atoms with Crippen LogP contribution < -0.4 is 0 Å². The van der Waals surface area contributed by atoms with Gasteiger partial charge in [0.25, 0.3) is 0 Å². The van der Waals surface area contributed by atoms with Gasteiger partial charge in [-0.3, -0.25) is 4.90 Å². The third kappa shape index (κ3) is 3.96. The molecule has 2 aromatic rings. The standard InChI is InChI=1S/C21H26BrN5/c1-6-15-12-13-26(14-16(15)7-2)19(17-10-8-9-11-18(17)22)20-23-24-25-27(20)21(3,4)5/h6-11,19H,1-2,12-14H2,3-5H3. The van der Waals surface area contributed by atoms with Crippen LogP contribution in [0.3, 0.4) is 0 Å². The average molecular weight is 428 g/mol. The van der Waals surface area contributed by atoms with Gasteiger partial charge < -0.3 is 0 Å². The molecule has 142 valence electrons. The molecule has 1 atom stereocenters. The number of aromatic nitrogens is 4. The zero-order valence-electron chi connectivity index (χ0n) is 16.2. The van der Waals surface area contributed by atoms with Crippen molar-refractivity contribution >= 4 is 15.9 Å². The van der Waals surface area contributed by atoms with Gasteiger partial charge in [-0.1, -0.05) is 59.4 Å². The molecule has 6 heteroatoms. The van der Waals surface area contributed by atoms with Crippen LogP contribution in [-0.4, -0.2) is 38.2 Å². The molecule has 1 aromatic heterocycles. The Kier molecular flexibility index (Phi) is 5.77. The highest BCUT2D eigenvalue weighted by Gasteiger charge is 2.33. The van der Waals surface area contributed by atoms with Gasteiger partial charge >= 0.3 is 0 Å². The van der Waals surface area contributed by atoms with Crippen LogP contribution in [0.1, 0.15) is 44.6 Å². The largest absolute Gasteiger partial charge is 0.285 e. The first kappa shape index (κ1) is 19.7. The van der Waals surface area contributed by atoms with E-state index in [0.29, 0.717) is 0 Å². The van der Waals surface area contributed by atoms with Crippen molar-refractivity contribution in [2.24, 2.45) is 0 Å². The van der Waals surface area contributed by atoms with Crippen molar-refractivity contribution < 1.29 is 0 Å². The fourth-order valence-electron chi connectivity index (χ4n) is 3.51. The predicted molar refractivity (Wildman–Crippen MR) is 112 cm³/mol. The van der Waals surface area contributed by atoms with Crippen molar-refractivity contribution in [1.82, 2.24) is 25.1 Å². The number of hydrogen-bond acceptors (Lipinski definition) is 4. The molecule has 1 aliphatic heterocycles. The Bertz CT molecular complexity index is 875. The van der Waals surface area contributed by atoms with Gasteiger partial charge in [0.15, 0.2) is 5.82 Å². The Morgan fingerprint density at radius 1 is 1.15 bits per heavy atom. The van der Waals surface area contributed by atoms with E-state index in [1.807, 2.05) is 22.9 Å². The molecule has 27 heavy (non-hydrogen) atoms. The summed E-state index contributed by atoms with van der Waals surface area (Å²) < 4.78 is 2.98. The van der Waals surface area contributed by atoms with Crippen LogP contribution >= 0.6 is 15.9 Å². The van der Waals surface area contributed by atoms with Crippen molar-refractivity contribution in [3.8, 4) is 0 Å². The molecule has 0 N–H and O–H groups in total. The highest BCUT2D eigenvalue weighted by molar-refractivity contribution is 9.10. The van der Waals surface area contributed by atoms with Crippen LogP contribution in [0.25, 0.3) is 0 Å². The monoisotopic (exact) mass is 427 g/mol. The molecule has 0 saturated carbocycles. The molecule has 0 aliphatic carbocycles. The van der Waals surface area contributed by atoms with E-state index >= 15 is 0 Å². The second-order valence-electron chi connectivity index (χ2n) is 7.72. The third-order valence-electron chi connectivity index (χ3n) is 4.89. The summed E-state index contributed by atoms with van der Waals surface area (Å²) in [5.74, 6) is 0.847. The van der Waals surface area contributed by atoms with Crippen molar-refractivity contribution in [3.63, 3.8) is 0 Å². The first-order valence-corrected chi connectivity index (χ1v) is 9.90. The summed E-state index contributed by atoms with van der Waals surface area (Å²) in [6.07, 6.45) is 4.82. The number of nitrogens with zero attached hydrogens (tertiary/aromatic N) is 5. The average Bonchev–Trinajstić information content (AvgIpc) is 3.13. The maximum Gasteiger partial charge on any atom is 0.173 e. The maximum absolute atomic E-state index is 4.44. The third-order valence-corrected chi connectivity index (χ3v) is 5.61. The van der Waals surface area contributed by atoms with Crippen LogP contribution in [0.5, 0.6) is 0 Å². The van der Waals surface area contributed by atoms with E-state index in [-0.39, 0.29) is 11.6 Å². The number of halogens is 1. The first-order chi connectivity index (χ1) is 12.9. The van der Waals surface area contributed by atoms with E-state index in [9.17, 15) is 0 Å². The molecule has 1 unspecified atom stereocenters. The molecule has 0 bridgehead atoms. The van der Waals surface area contributed by atoms with Gasteiger partial charge in [0, 0.05) is 17.6 Å². The van der Waals surface area contributed by atoms with E-state index < -0.39 is 0 Å². The lowest BCUT2D eigenvalue weighted by Crippen LogP contribution is -2.39. The lowest BCUT2D eigenvalue weighted by molar-refractivity contribution is 0.212. The van der Waals surface area contributed by atoms with Crippen LogP contribution in [-0.2, 0) is 5.54 Å². The van der Waals surface area contributed by atoms with Crippen molar-refractivity contribution in [3.05, 3.63) is 76.6 Å². The molecule has 1 aliphatic rings. The quantitative estimate of drug-likeness (QED) is 0.696. The fraction of sp³-hybridized carbons (Fsp3) is 0.381. The van der Waals surface area contributed by atoms with Crippen LogP contribution in [0, 0.1) is 0 Å². The number of tetrazole rings is 1. The van der Waals surface area contributed by atoms with E-state index in [1.165, 1.54) is 11.1 Å². The molecule has 0 radical (unpaired) electrons. The Morgan fingerprint density at radius 3 is 2.48 bits per heavy atom. The normalized spacial score (nSPS) is 17.0. The number of allylic oxidation sites excluding steroid dienone is 1. The van der Waals surface area contributed by atoms with Crippen LogP contribution in [0.4, 0.5) is 0 Å². The van der Waals surface area contributed by atoms with Crippen molar-refractivity contribution in [2.45, 2.75) is 38.8 Å². The van der Waals surface area contributed by atoms with Crippen molar-refractivity contribution in [2.75, 3.05) is 13.1 Å². The smallest absolute Gasteiger partial charge is 0.173 e. The molecule has 0 amide bonds. The molecular weight excluding hydrogens is 402 g/mol. The second-order valence-corrected chi connectivity index (χ2v) is 8.58. The fourth-order valence-corrected chi connectivity index (χ4v) is 4.01. The Hall–Kier alpha value is -2.05. The first-order valence-electron chi connectivity index (χ1n) is 9.11. The van der Waals surface area contributed by atoms with Gasteiger partial charge in [0.1, 0.15) is 0 Å². The maximum atomic E-state index is 4.44. The van der Waals surface area contributed by atoms with Crippen LogP contribution in [0.15, 0.2) is 65.2 Å². The highest BCUT2D eigenvalue weighted by atomic mass is 79.9. The van der Waals surface area contributed by atoms with E-state index in [2.05, 4.69) is 88.5 Å². The number of hydrogen-bond donors (Lipinski definition) is 0. The Labute approximate surface area is 169 Å².